The Morgan fingerprint density at radius 3 is 2.79 bits per heavy atom. The molecule has 0 saturated carbocycles. The molecule has 0 unspecified atom stereocenters. The number of aliphatic hydroxyl groups is 1. The number of hydrogen-bond donors (Lipinski definition) is 2. The molecule has 1 aliphatic heterocycles. The van der Waals surface area contributed by atoms with Gasteiger partial charge in [0.15, 0.2) is 6.10 Å². The van der Waals surface area contributed by atoms with E-state index in [-0.39, 0.29) is 18.6 Å². The van der Waals surface area contributed by atoms with Crippen molar-refractivity contribution in [2.45, 2.75) is 25.2 Å². The van der Waals surface area contributed by atoms with Crippen LogP contribution >= 0.6 is 0 Å². The van der Waals surface area contributed by atoms with E-state index in [2.05, 4.69) is 21.4 Å². The Kier molecular flexibility index (Phi) is 6.59. The van der Waals surface area contributed by atoms with Gasteiger partial charge in [0, 0.05) is 32.0 Å². The lowest BCUT2D eigenvalue weighted by Crippen LogP contribution is -2.54. The molecule has 1 aromatic heterocycles. The van der Waals surface area contributed by atoms with E-state index >= 15 is 0 Å². The third-order valence-corrected chi connectivity index (χ3v) is 4.71. The molecule has 29 heavy (non-hydrogen) atoms. The topological polar surface area (TPSA) is 115 Å². The number of nitrogens with zero attached hydrogens (tertiary/aromatic N) is 5. The van der Waals surface area contributed by atoms with Crippen LogP contribution in [-0.4, -0.2) is 84.5 Å². The van der Waals surface area contributed by atoms with Crippen molar-refractivity contribution >= 4 is 22.6 Å². The van der Waals surface area contributed by atoms with Gasteiger partial charge in [-0.15, -0.1) is 0 Å². The number of aliphatic hydroxyl groups excluding tert-OH is 1. The number of amides is 1. The zero-order valence-corrected chi connectivity index (χ0v) is 16.9. The van der Waals surface area contributed by atoms with Crippen LogP contribution < -0.4 is 10.2 Å². The molecule has 1 saturated heterocycles. The standard InChI is InChI=1S/C20H26N6O3/c1-13-10-26(12-17(29-13)20(28)24-9-15(27)11-25(2)3)16-5-4-14(8-21)18-19(16)23-7-6-22-18/h4-7,13,15,17,27H,9-12H2,1-3H3,(H,24,28)/t13-,15-,17-/m1/s1. The van der Waals surface area contributed by atoms with Crippen molar-refractivity contribution in [1.29, 1.82) is 5.26 Å². The maximum Gasteiger partial charge on any atom is 0.251 e. The van der Waals surface area contributed by atoms with Gasteiger partial charge in [0.05, 0.1) is 30.0 Å². The van der Waals surface area contributed by atoms with Crippen molar-refractivity contribution in [1.82, 2.24) is 20.2 Å². The Morgan fingerprint density at radius 1 is 1.38 bits per heavy atom. The molecule has 3 atom stereocenters. The van der Waals surface area contributed by atoms with Gasteiger partial charge in [0.2, 0.25) is 0 Å². The number of fused-ring (bicyclic) bond motifs is 1. The summed E-state index contributed by atoms with van der Waals surface area (Å²) in [6.45, 7) is 3.47. The van der Waals surface area contributed by atoms with Crippen molar-refractivity contribution < 1.29 is 14.6 Å². The molecule has 3 rings (SSSR count). The first-order chi connectivity index (χ1) is 13.9. The van der Waals surface area contributed by atoms with Crippen LogP contribution in [0.15, 0.2) is 24.5 Å². The molecule has 1 amide bonds. The van der Waals surface area contributed by atoms with Crippen molar-refractivity contribution in [2.24, 2.45) is 0 Å². The Hall–Kier alpha value is -2.80. The highest BCUT2D eigenvalue weighted by molar-refractivity contribution is 5.92. The monoisotopic (exact) mass is 398 g/mol. The van der Waals surface area contributed by atoms with Crippen LogP contribution in [0.3, 0.4) is 0 Å². The highest BCUT2D eigenvalue weighted by atomic mass is 16.5. The Labute approximate surface area is 169 Å². The van der Waals surface area contributed by atoms with Crippen LogP contribution in [0.4, 0.5) is 5.69 Å². The van der Waals surface area contributed by atoms with Gasteiger partial charge in [-0.3, -0.25) is 14.8 Å². The zero-order chi connectivity index (χ0) is 21.0. The predicted octanol–water partition coefficient (Wildman–Crippen LogP) is 0.134. The van der Waals surface area contributed by atoms with Crippen molar-refractivity contribution in [3.8, 4) is 6.07 Å². The van der Waals surface area contributed by atoms with Crippen LogP contribution in [0.1, 0.15) is 12.5 Å². The number of aromatic nitrogens is 2. The van der Waals surface area contributed by atoms with Gasteiger partial charge in [-0.2, -0.15) is 5.26 Å². The SMILES string of the molecule is C[C@@H]1CN(c2ccc(C#N)c3nccnc23)C[C@H](C(=O)NC[C@@H](O)CN(C)C)O1. The summed E-state index contributed by atoms with van der Waals surface area (Å²) in [4.78, 5) is 25.2. The minimum atomic E-state index is -0.673. The molecule has 2 heterocycles. The number of hydrogen-bond acceptors (Lipinski definition) is 8. The van der Waals surface area contributed by atoms with Gasteiger partial charge in [0.25, 0.3) is 5.91 Å². The Balaban J connectivity index is 1.76. The highest BCUT2D eigenvalue weighted by Crippen LogP contribution is 2.28. The Bertz CT molecular complexity index is 913. The maximum absolute atomic E-state index is 12.6. The molecular weight excluding hydrogens is 372 g/mol. The number of nitrogens with one attached hydrogen (secondary N) is 1. The normalized spacial score (nSPS) is 20.5. The van der Waals surface area contributed by atoms with Crippen LogP contribution in [0.5, 0.6) is 0 Å². The van der Waals surface area contributed by atoms with E-state index in [9.17, 15) is 15.2 Å². The summed E-state index contributed by atoms with van der Waals surface area (Å²) in [6, 6.07) is 5.70. The van der Waals surface area contributed by atoms with Gasteiger partial charge in [0.1, 0.15) is 17.1 Å². The van der Waals surface area contributed by atoms with Gasteiger partial charge in [-0.05, 0) is 33.2 Å². The third kappa shape index (κ3) is 4.98. The molecule has 1 fully saturated rings. The second-order valence-corrected chi connectivity index (χ2v) is 7.50. The van der Waals surface area contributed by atoms with Gasteiger partial charge in [-0.1, -0.05) is 0 Å². The number of ether oxygens (including phenoxy) is 1. The van der Waals surface area contributed by atoms with Crippen LogP contribution in [-0.2, 0) is 9.53 Å². The van der Waals surface area contributed by atoms with E-state index < -0.39 is 12.2 Å². The summed E-state index contributed by atoms with van der Waals surface area (Å²) in [6.07, 6.45) is 1.65. The lowest BCUT2D eigenvalue weighted by atomic mass is 10.1. The zero-order valence-electron chi connectivity index (χ0n) is 16.9. The fourth-order valence-electron chi connectivity index (χ4n) is 3.50. The van der Waals surface area contributed by atoms with Crippen LogP contribution in [0.25, 0.3) is 11.0 Å². The van der Waals surface area contributed by atoms with E-state index in [1.807, 2.05) is 36.9 Å². The molecule has 154 valence electrons. The fraction of sp³-hybridized carbons (Fsp3) is 0.500. The number of carbonyl (C=O) groups excluding carboxylic acids is 1. The average molecular weight is 398 g/mol. The number of carbonyl (C=O) groups is 1. The summed E-state index contributed by atoms with van der Waals surface area (Å²) < 4.78 is 5.84. The molecule has 2 N–H and O–H groups in total. The largest absolute Gasteiger partial charge is 0.390 e. The first kappa shape index (κ1) is 20.9. The van der Waals surface area contributed by atoms with Crippen molar-refractivity contribution in [3.63, 3.8) is 0 Å². The molecule has 0 spiro atoms. The van der Waals surface area contributed by atoms with Gasteiger partial charge in [-0.25, -0.2) is 0 Å². The number of nitriles is 1. The van der Waals surface area contributed by atoms with Gasteiger partial charge < -0.3 is 25.0 Å². The summed E-state index contributed by atoms with van der Waals surface area (Å²) in [5.41, 5.74) is 2.44. The van der Waals surface area contributed by atoms with E-state index in [0.29, 0.717) is 36.2 Å². The molecule has 2 aromatic rings. The lowest BCUT2D eigenvalue weighted by molar-refractivity contribution is -0.137. The number of anilines is 1. The summed E-state index contributed by atoms with van der Waals surface area (Å²) >= 11 is 0. The van der Waals surface area contributed by atoms with Gasteiger partial charge >= 0.3 is 0 Å². The molecule has 9 nitrogen and oxygen atoms in total. The molecule has 0 radical (unpaired) electrons. The molecule has 0 aliphatic carbocycles. The molecule has 0 bridgehead atoms. The quantitative estimate of drug-likeness (QED) is 0.706. The fourth-order valence-corrected chi connectivity index (χ4v) is 3.50. The average Bonchev–Trinajstić information content (AvgIpc) is 2.70. The van der Waals surface area contributed by atoms with E-state index in [1.165, 1.54) is 0 Å². The highest BCUT2D eigenvalue weighted by Gasteiger charge is 2.31. The minimum absolute atomic E-state index is 0.163. The van der Waals surface area contributed by atoms with Crippen molar-refractivity contribution in [3.05, 3.63) is 30.1 Å². The van der Waals surface area contributed by atoms with E-state index in [4.69, 9.17) is 4.74 Å². The minimum Gasteiger partial charge on any atom is -0.390 e. The summed E-state index contributed by atoms with van der Waals surface area (Å²) in [5.74, 6) is -0.261. The van der Waals surface area contributed by atoms with Crippen LogP contribution in [0.2, 0.25) is 0 Å². The second-order valence-electron chi connectivity index (χ2n) is 7.50. The number of likely N-dealkylation sites (N-methyl/N-ethyl adjacent to an activating group) is 1. The Morgan fingerprint density at radius 2 is 2.10 bits per heavy atom. The molecular formula is C20H26N6O3. The maximum atomic E-state index is 12.6. The first-order valence-electron chi connectivity index (χ1n) is 9.53. The molecule has 1 aromatic carbocycles. The third-order valence-electron chi connectivity index (χ3n) is 4.71. The number of benzene rings is 1. The summed E-state index contributed by atoms with van der Waals surface area (Å²) in [7, 11) is 3.72. The second kappa shape index (κ2) is 9.13. The first-order valence-corrected chi connectivity index (χ1v) is 9.53. The molecule has 9 heteroatoms. The lowest BCUT2D eigenvalue weighted by Gasteiger charge is -2.37. The predicted molar refractivity (Wildman–Crippen MR) is 108 cm³/mol. The smallest absolute Gasteiger partial charge is 0.251 e. The van der Waals surface area contributed by atoms with E-state index in [0.717, 1.165) is 5.69 Å². The van der Waals surface area contributed by atoms with Crippen molar-refractivity contribution in [2.75, 3.05) is 45.2 Å². The van der Waals surface area contributed by atoms with Crippen LogP contribution in [0, 0.1) is 11.3 Å². The summed E-state index contributed by atoms with van der Waals surface area (Å²) in [5, 5.41) is 22.1. The number of rotatable bonds is 6. The number of morpholine rings is 1. The molecule has 1 aliphatic rings. The van der Waals surface area contributed by atoms with E-state index in [1.54, 1.807) is 18.5 Å².